The Balaban J connectivity index is 1.55. The van der Waals surface area contributed by atoms with Gasteiger partial charge in [-0.15, -0.1) is 0 Å². The molecule has 3 aromatic rings. The maximum absolute atomic E-state index is 13.2. The number of hydrogen-bond acceptors (Lipinski definition) is 4. The first-order valence-electron chi connectivity index (χ1n) is 10.6. The first-order valence-corrected chi connectivity index (χ1v) is 13.0. The Morgan fingerprint density at radius 1 is 1.09 bits per heavy atom. The molecule has 0 radical (unpaired) electrons. The summed E-state index contributed by atoms with van der Waals surface area (Å²) >= 11 is 8.50. The molecule has 0 saturated carbocycles. The van der Waals surface area contributed by atoms with Gasteiger partial charge >= 0.3 is 0 Å². The summed E-state index contributed by atoms with van der Waals surface area (Å²) < 4.78 is 20.8. The van der Waals surface area contributed by atoms with Crippen LogP contribution in [0.3, 0.4) is 0 Å². The number of likely N-dealkylation sites (N-methyl/N-ethyl adjacent to an activating group) is 1. The monoisotopic (exact) mass is 602 g/mol. The number of amidine groups is 1. The Morgan fingerprint density at radius 2 is 1.79 bits per heavy atom. The molecule has 0 atom stereocenters. The fraction of sp³-hybridized carbons (Fsp3) is 0.154. The molecule has 1 fully saturated rings. The van der Waals surface area contributed by atoms with Crippen LogP contribution in [0, 0.1) is 12.7 Å². The smallest absolute Gasteiger partial charge is 0.266 e. The molecular weight excluding hydrogens is 583 g/mol. The predicted octanol–water partition coefficient (Wildman–Crippen LogP) is 7.86. The van der Waals surface area contributed by atoms with E-state index in [1.165, 1.54) is 29.5 Å². The Hall–Kier alpha value is -2.42. The molecule has 0 unspecified atom stereocenters. The highest BCUT2D eigenvalue weighted by atomic mass is 79.9. The standard InChI is InChI=1S/C26H21Br2FN2O2S/c1-3-31-25(32)23(34-26(31)30-20-9-7-19(29)8-10-20)14-18-12-21(27)24(22(28)13-18)33-15-17-6-4-5-16(2)11-17/h4-14H,3,15H2,1-2H3/b23-14+,30-26?. The van der Waals surface area contributed by atoms with Gasteiger partial charge in [-0.2, -0.15) is 0 Å². The number of rotatable bonds is 6. The summed E-state index contributed by atoms with van der Waals surface area (Å²) in [6.07, 6.45) is 1.84. The molecule has 1 amide bonds. The van der Waals surface area contributed by atoms with Crippen molar-refractivity contribution in [2.24, 2.45) is 4.99 Å². The summed E-state index contributed by atoms with van der Waals surface area (Å²) in [5.41, 5.74) is 3.71. The molecule has 8 heteroatoms. The third kappa shape index (κ3) is 5.79. The predicted molar refractivity (Wildman–Crippen MR) is 144 cm³/mol. The highest BCUT2D eigenvalue weighted by molar-refractivity contribution is 9.11. The molecule has 3 aromatic carbocycles. The van der Waals surface area contributed by atoms with Gasteiger partial charge in [0.05, 0.1) is 19.5 Å². The van der Waals surface area contributed by atoms with Gasteiger partial charge in [-0.1, -0.05) is 29.8 Å². The average molecular weight is 604 g/mol. The summed E-state index contributed by atoms with van der Waals surface area (Å²) in [6.45, 7) is 4.88. The fourth-order valence-electron chi connectivity index (χ4n) is 3.41. The zero-order valence-electron chi connectivity index (χ0n) is 18.5. The van der Waals surface area contributed by atoms with Gasteiger partial charge in [-0.05, 0) is 111 Å². The van der Waals surface area contributed by atoms with E-state index in [0.717, 1.165) is 20.1 Å². The van der Waals surface area contributed by atoms with E-state index in [-0.39, 0.29) is 11.7 Å². The second-order valence-electron chi connectivity index (χ2n) is 7.62. The van der Waals surface area contributed by atoms with Crippen molar-refractivity contribution in [1.29, 1.82) is 0 Å². The third-order valence-electron chi connectivity index (χ3n) is 5.04. The summed E-state index contributed by atoms with van der Waals surface area (Å²) in [6, 6.07) is 17.9. The van der Waals surface area contributed by atoms with Crippen molar-refractivity contribution in [1.82, 2.24) is 4.90 Å². The molecule has 0 spiro atoms. The quantitative estimate of drug-likeness (QED) is 0.269. The minimum atomic E-state index is -0.325. The van der Waals surface area contributed by atoms with Crippen LogP contribution < -0.4 is 4.74 Å². The maximum Gasteiger partial charge on any atom is 0.266 e. The lowest BCUT2D eigenvalue weighted by Gasteiger charge is -2.12. The number of carbonyl (C=O) groups excluding carboxylic acids is 1. The van der Waals surface area contributed by atoms with E-state index in [4.69, 9.17) is 4.74 Å². The van der Waals surface area contributed by atoms with E-state index < -0.39 is 0 Å². The normalized spacial score (nSPS) is 16.0. The topological polar surface area (TPSA) is 41.9 Å². The van der Waals surface area contributed by atoms with E-state index in [9.17, 15) is 9.18 Å². The van der Waals surface area contributed by atoms with Crippen molar-refractivity contribution in [3.05, 3.63) is 97.0 Å². The molecule has 34 heavy (non-hydrogen) atoms. The van der Waals surface area contributed by atoms with Crippen molar-refractivity contribution >= 4 is 66.5 Å². The number of benzene rings is 3. The Labute approximate surface area is 219 Å². The number of halogens is 3. The van der Waals surface area contributed by atoms with Gasteiger partial charge in [0.2, 0.25) is 0 Å². The largest absolute Gasteiger partial charge is 0.487 e. The number of aryl methyl sites for hydroxylation is 1. The van der Waals surface area contributed by atoms with Gasteiger partial charge in [-0.3, -0.25) is 9.69 Å². The second kappa shape index (κ2) is 10.9. The minimum Gasteiger partial charge on any atom is -0.487 e. The van der Waals surface area contributed by atoms with Gasteiger partial charge < -0.3 is 4.74 Å². The lowest BCUT2D eigenvalue weighted by atomic mass is 10.1. The first-order chi connectivity index (χ1) is 16.3. The van der Waals surface area contributed by atoms with Gasteiger partial charge in [0.25, 0.3) is 5.91 Å². The lowest BCUT2D eigenvalue weighted by Crippen LogP contribution is -2.28. The Kier molecular flexibility index (Phi) is 7.91. The van der Waals surface area contributed by atoms with Crippen LogP contribution >= 0.6 is 43.6 Å². The summed E-state index contributed by atoms with van der Waals surface area (Å²) in [5, 5.41) is 0.571. The number of aliphatic imine (C=N–C) groups is 1. The summed E-state index contributed by atoms with van der Waals surface area (Å²) in [4.78, 5) is 19.7. The number of carbonyl (C=O) groups is 1. The molecule has 174 valence electrons. The van der Waals surface area contributed by atoms with E-state index in [1.807, 2.05) is 37.3 Å². The minimum absolute atomic E-state index is 0.111. The van der Waals surface area contributed by atoms with Crippen LogP contribution in [-0.2, 0) is 11.4 Å². The van der Waals surface area contributed by atoms with Crippen LogP contribution in [0.25, 0.3) is 6.08 Å². The highest BCUT2D eigenvalue weighted by Crippen LogP contribution is 2.38. The number of hydrogen-bond donors (Lipinski definition) is 0. The van der Waals surface area contributed by atoms with Crippen LogP contribution in [0.1, 0.15) is 23.6 Å². The van der Waals surface area contributed by atoms with Crippen LogP contribution in [-0.4, -0.2) is 22.5 Å². The van der Waals surface area contributed by atoms with E-state index in [1.54, 1.807) is 17.0 Å². The molecule has 0 aromatic heterocycles. The first kappa shape index (κ1) is 24.7. The third-order valence-corrected chi connectivity index (χ3v) is 7.22. The SMILES string of the molecule is CCN1C(=O)/C(=C\c2cc(Br)c(OCc3cccc(C)c3)c(Br)c2)SC1=Nc1ccc(F)cc1. The van der Waals surface area contributed by atoms with Crippen molar-refractivity contribution in [2.45, 2.75) is 20.5 Å². The van der Waals surface area contributed by atoms with E-state index in [0.29, 0.717) is 34.7 Å². The van der Waals surface area contributed by atoms with E-state index >= 15 is 0 Å². The molecule has 1 aliphatic heterocycles. The molecule has 4 rings (SSSR count). The van der Waals surface area contributed by atoms with Gasteiger partial charge in [0, 0.05) is 6.54 Å². The molecule has 0 aliphatic carbocycles. The van der Waals surface area contributed by atoms with Gasteiger partial charge in [0.15, 0.2) is 5.17 Å². The number of ether oxygens (including phenoxy) is 1. The lowest BCUT2D eigenvalue weighted by molar-refractivity contribution is -0.122. The van der Waals surface area contributed by atoms with Crippen LogP contribution in [0.5, 0.6) is 5.75 Å². The molecule has 0 N–H and O–H groups in total. The molecule has 1 saturated heterocycles. The molecular formula is C26H21Br2FN2O2S. The molecule has 4 nitrogen and oxygen atoms in total. The number of amides is 1. The fourth-order valence-corrected chi connectivity index (χ4v) is 5.92. The van der Waals surface area contributed by atoms with Crippen LogP contribution in [0.15, 0.2) is 79.5 Å². The highest BCUT2D eigenvalue weighted by Gasteiger charge is 2.32. The van der Waals surface area contributed by atoms with Crippen molar-refractivity contribution in [3.63, 3.8) is 0 Å². The van der Waals surface area contributed by atoms with Crippen molar-refractivity contribution < 1.29 is 13.9 Å². The summed E-state index contributed by atoms with van der Waals surface area (Å²) in [5.74, 6) is 0.262. The maximum atomic E-state index is 13.2. The van der Waals surface area contributed by atoms with Crippen molar-refractivity contribution in [2.75, 3.05) is 6.54 Å². The van der Waals surface area contributed by atoms with E-state index in [2.05, 4.69) is 55.9 Å². The Bertz CT molecular complexity index is 1270. The van der Waals surface area contributed by atoms with Crippen molar-refractivity contribution in [3.8, 4) is 5.75 Å². The van der Waals surface area contributed by atoms with Gasteiger partial charge in [0.1, 0.15) is 18.2 Å². The molecule has 1 heterocycles. The Morgan fingerprint density at radius 3 is 2.44 bits per heavy atom. The summed E-state index contributed by atoms with van der Waals surface area (Å²) in [7, 11) is 0. The number of thioether (sulfide) groups is 1. The molecule has 1 aliphatic rings. The second-order valence-corrected chi connectivity index (χ2v) is 10.3. The zero-order valence-corrected chi connectivity index (χ0v) is 22.5. The zero-order chi connectivity index (χ0) is 24.2. The average Bonchev–Trinajstić information content (AvgIpc) is 3.08. The van der Waals surface area contributed by atoms with Crippen LogP contribution in [0.2, 0.25) is 0 Å². The number of nitrogens with zero attached hydrogens (tertiary/aromatic N) is 2. The van der Waals surface area contributed by atoms with Crippen LogP contribution in [0.4, 0.5) is 10.1 Å². The molecule has 0 bridgehead atoms. The van der Waals surface area contributed by atoms with Gasteiger partial charge in [-0.25, -0.2) is 9.38 Å².